The predicted octanol–water partition coefficient (Wildman–Crippen LogP) is 3.05. The lowest BCUT2D eigenvalue weighted by molar-refractivity contribution is 0.224. The molecule has 0 radical (unpaired) electrons. The topological polar surface area (TPSA) is 81.2 Å². The van der Waals surface area contributed by atoms with Gasteiger partial charge in [0.2, 0.25) is 5.95 Å². The fourth-order valence-corrected chi connectivity index (χ4v) is 4.48. The number of nitrogens with one attached hydrogen (secondary N) is 1. The second-order valence-electron chi connectivity index (χ2n) is 8.28. The lowest BCUT2D eigenvalue weighted by Crippen LogP contribution is -2.41. The van der Waals surface area contributed by atoms with E-state index in [0.717, 1.165) is 80.6 Å². The maximum atomic E-state index is 5.88. The van der Waals surface area contributed by atoms with Crippen LogP contribution in [-0.2, 0) is 13.0 Å². The molecular weight excluding hydrogens is 412 g/mol. The molecule has 31 heavy (non-hydrogen) atoms. The van der Waals surface area contributed by atoms with Crippen LogP contribution < -0.4 is 15.8 Å². The zero-order chi connectivity index (χ0) is 21.6. The number of rotatable bonds is 9. The van der Waals surface area contributed by atoms with Crippen LogP contribution in [0, 0.1) is 6.92 Å². The number of alkyl halides is 1. The third kappa shape index (κ3) is 5.40. The van der Waals surface area contributed by atoms with Gasteiger partial charge >= 0.3 is 0 Å². The number of anilines is 1. The quantitative estimate of drug-likeness (QED) is 0.578. The summed E-state index contributed by atoms with van der Waals surface area (Å²) < 4.78 is 8.17. The Hall–Kier alpha value is -2.09. The zero-order valence-electron chi connectivity index (χ0n) is 18.3. The molecule has 1 fully saturated rings. The minimum Gasteiger partial charge on any atom is -0.490 e. The number of nitrogens with zero attached hydrogens (tertiary/aromatic N) is 4. The first-order valence-corrected chi connectivity index (χ1v) is 11.8. The first-order valence-electron chi connectivity index (χ1n) is 11.3. The van der Waals surface area contributed by atoms with Crippen LogP contribution in [0.2, 0.25) is 0 Å². The highest BCUT2D eigenvalue weighted by molar-refractivity contribution is 6.18. The minimum absolute atomic E-state index is 0.415. The first-order chi connectivity index (χ1) is 15.2. The van der Waals surface area contributed by atoms with Crippen LogP contribution in [0.25, 0.3) is 6.08 Å². The maximum Gasteiger partial charge on any atom is 0.204 e. The molecule has 0 bridgehead atoms. The Bertz CT molecular complexity index is 904. The second kappa shape index (κ2) is 10.5. The Labute approximate surface area is 189 Å². The van der Waals surface area contributed by atoms with Gasteiger partial charge in [0.1, 0.15) is 18.1 Å². The fourth-order valence-electron chi connectivity index (χ4n) is 4.40. The van der Waals surface area contributed by atoms with Gasteiger partial charge in [-0.15, -0.1) is 11.6 Å². The molecule has 8 heteroatoms. The molecule has 4 rings (SSSR count). The van der Waals surface area contributed by atoms with Gasteiger partial charge in [0.15, 0.2) is 0 Å². The molecule has 0 unspecified atom stereocenters. The zero-order valence-corrected chi connectivity index (χ0v) is 19.1. The molecule has 0 saturated carbocycles. The molecule has 2 aliphatic rings. The average molecular weight is 445 g/mol. The number of aromatic nitrogens is 3. The number of aryl methyl sites for hydroxylation is 1. The molecular formula is C23H33ClN6O. The van der Waals surface area contributed by atoms with Crippen LogP contribution >= 0.6 is 11.6 Å². The van der Waals surface area contributed by atoms with E-state index in [1.54, 1.807) is 0 Å². The van der Waals surface area contributed by atoms with E-state index in [1.165, 1.54) is 5.69 Å². The molecule has 3 N–H and O–H groups in total. The van der Waals surface area contributed by atoms with Crippen molar-refractivity contribution < 1.29 is 4.74 Å². The van der Waals surface area contributed by atoms with Gasteiger partial charge in [0.25, 0.3) is 0 Å². The molecule has 0 aromatic carbocycles. The summed E-state index contributed by atoms with van der Waals surface area (Å²) in [5.74, 6) is 2.18. The number of pyridine rings is 1. The van der Waals surface area contributed by atoms with E-state index in [4.69, 9.17) is 32.0 Å². The Morgan fingerprint density at radius 2 is 2.10 bits per heavy atom. The molecule has 7 nitrogen and oxygen atoms in total. The minimum atomic E-state index is 0.415. The van der Waals surface area contributed by atoms with Crippen LogP contribution in [0.3, 0.4) is 0 Å². The Balaban J connectivity index is 1.57. The SMILES string of the molecule is Cc1ccc(OCCCl)c(Cn2c(NC3CCN(CCN)CC3)nc3c2CCC=C3)n1. The molecule has 0 atom stereocenters. The van der Waals surface area contributed by atoms with Crippen LogP contribution in [0.5, 0.6) is 5.75 Å². The Morgan fingerprint density at radius 3 is 2.87 bits per heavy atom. The third-order valence-electron chi connectivity index (χ3n) is 6.01. The molecule has 2 aromatic rings. The van der Waals surface area contributed by atoms with Crippen molar-refractivity contribution in [2.45, 2.75) is 45.2 Å². The van der Waals surface area contributed by atoms with E-state index in [0.29, 0.717) is 25.1 Å². The normalized spacial score (nSPS) is 17.0. The molecule has 0 spiro atoms. The van der Waals surface area contributed by atoms with Crippen molar-refractivity contribution in [3.8, 4) is 5.75 Å². The van der Waals surface area contributed by atoms with Crippen molar-refractivity contribution in [3.63, 3.8) is 0 Å². The van der Waals surface area contributed by atoms with Gasteiger partial charge in [-0.25, -0.2) is 4.98 Å². The van der Waals surface area contributed by atoms with Gasteiger partial charge in [-0.1, -0.05) is 6.08 Å². The number of hydrogen-bond donors (Lipinski definition) is 2. The number of likely N-dealkylation sites (tertiary alicyclic amines) is 1. The van der Waals surface area contributed by atoms with Gasteiger partial charge in [-0.3, -0.25) is 4.98 Å². The highest BCUT2D eigenvalue weighted by atomic mass is 35.5. The highest BCUT2D eigenvalue weighted by Gasteiger charge is 2.24. The van der Waals surface area contributed by atoms with Crippen LogP contribution in [0.15, 0.2) is 18.2 Å². The lowest BCUT2D eigenvalue weighted by Gasteiger charge is -2.32. The summed E-state index contributed by atoms with van der Waals surface area (Å²) >= 11 is 5.85. The van der Waals surface area contributed by atoms with Crippen molar-refractivity contribution in [1.82, 2.24) is 19.4 Å². The Kier molecular flexibility index (Phi) is 7.48. The number of allylic oxidation sites excluding steroid dienone is 1. The lowest BCUT2D eigenvalue weighted by atomic mass is 10.1. The number of halogens is 1. The van der Waals surface area contributed by atoms with E-state index in [-0.39, 0.29) is 0 Å². The molecule has 1 saturated heterocycles. The first kappa shape index (κ1) is 22.1. The van der Waals surface area contributed by atoms with Crippen LogP contribution in [-0.4, -0.2) is 64.1 Å². The van der Waals surface area contributed by atoms with Gasteiger partial charge < -0.3 is 25.3 Å². The summed E-state index contributed by atoms with van der Waals surface area (Å²) in [6.45, 7) is 6.95. The number of ether oxygens (including phenoxy) is 1. The van der Waals surface area contributed by atoms with Crippen molar-refractivity contribution in [2.75, 3.05) is 44.0 Å². The summed E-state index contributed by atoms with van der Waals surface area (Å²) in [7, 11) is 0. The van der Waals surface area contributed by atoms with Crippen LogP contribution in [0.1, 0.15) is 42.0 Å². The van der Waals surface area contributed by atoms with E-state index in [9.17, 15) is 0 Å². The summed E-state index contributed by atoms with van der Waals surface area (Å²) in [5, 5.41) is 3.74. The van der Waals surface area contributed by atoms with Crippen molar-refractivity contribution in [2.24, 2.45) is 5.73 Å². The molecule has 0 amide bonds. The molecule has 168 valence electrons. The number of piperidine rings is 1. The maximum absolute atomic E-state index is 5.88. The largest absolute Gasteiger partial charge is 0.490 e. The van der Waals surface area contributed by atoms with Gasteiger partial charge in [-0.05, 0) is 50.8 Å². The monoisotopic (exact) mass is 444 g/mol. The highest BCUT2D eigenvalue weighted by Crippen LogP contribution is 2.28. The Morgan fingerprint density at radius 1 is 1.26 bits per heavy atom. The summed E-state index contributed by atoms with van der Waals surface area (Å²) in [6, 6.07) is 4.39. The van der Waals surface area contributed by atoms with Gasteiger partial charge in [0.05, 0.1) is 18.1 Å². The molecule has 1 aliphatic heterocycles. The van der Waals surface area contributed by atoms with E-state index in [2.05, 4.69) is 26.9 Å². The van der Waals surface area contributed by atoms with Crippen molar-refractivity contribution in [3.05, 3.63) is 41.0 Å². The molecule has 2 aromatic heterocycles. The van der Waals surface area contributed by atoms with E-state index >= 15 is 0 Å². The van der Waals surface area contributed by atoms with E-state index in [1.807, 2.05) is 19.1 Å². The van der Waals surface area contributed by atoms with Crippen molar-refractivity contribution >= 4 is 23.6 Å². The van der Waals surface area contributed by atoms with Gasteiger partial charge in [0, 0.05) is 43.6 Å². The number of imidazole rings is 1. The fraction of sp³-hybridized carbons (Fsp3) is 0.565. The molecule has 3 heterocycles. The second-order valence-corrected chi connectivity index (χ2v) is 8.66. The summed E-state index contributed by atoms with van der Waals surface area (Å²) in [5.41, 5.74) is 9.93. The van der Waals surface area contributed by atoms with Crippen molar-refractivity contribution in [1.29, 1.82) is 0 Å². The standard InChI is InChI=1S/C23H33ClN6O/c1-17-6-7-22(31-15-10-24)20(26-17)16-30-21-5-3-2-4-19(21)28-23(30)27-18-8-12-29(13-9-18)14-11-25/h2,4,6-7,18H,3,5,8-16,25H2,1H3,(H,27,28). The molecule has 1 aliphatic carbocycles. The predicted molar refractivity (Wildman–Crippen MR) is 126 cm³/mol. The summed E-state index contributed by atoms with van der Waals surface area (Å²) in [6.07, 6.45) is 8.56. The van der Waals surface area contributed by atoms with E-state index < -0.39 is 0 Å². The van der Waals surface area contributed by atoms with Crippen LogP contribution in [0.4, 0.5) is 5.95 Å². The smallest absolute Gasteiger partial charge is 0.204 e. The van der Waals surface area contributed by atoms with Gasteiger partial charge in [-0.2, -0.15) is 0 Å². The average Bonchev–Trinajstić information content (AvgIpc) is 3.12. The third-order valence-corrected chi connectivity index (χ3v) is 6.16. The summed E-state index contributed by atoms with van der Waals surface area (Å²) in [4.78, 5) is 12.2. The number of fused-ring (bicyclic) bond motifs is 1. The number of nitrogens with two attached hydrogens (primary N) is 1. The number of hydrogen-bond acceptors (Lipinski definition) is 6.